The van der Waals surface area contributed by atoms with Crippen LogP contribution in [0.2, 0.25) is 0 Å². The summed E-state index contributed by atoms with van der Waals surface area (Å²) in [5.74, 6) is -2.47. The summed E-state index contributed by atoms with van der Waals surface area (Å²) >= 11 is 1.34. The van der Waals surface area contributed by atoms with Gasteiger partial charge in [0.15, 0.2) is 5.13 Å². The number of aliphatic carboxylic acids is 1. The van der Waals surface area contributed by atoms with Crippen molar-refractivity contribution in [3.63, 3.8) is 0 Å². The molecule has 1 amide bonds. The number of benzene rings is 2. The van der Waals surface area contributed by atoms with Crippen molar-refractivity contribution in [2.24, 2.45) is 11.8 Å². The quantitative estimate of drug-likeness (QED) is 0.652. The molecule has 5 nitrogen and oxygen atoms in total. The number of hydrogen-bond acceptors (Lipinski definition) is 4. The van der Waals surface area contributed by atoms with Crippen molar-refractivity contribution in [3.05, 3.63) is 60.0 Å². The maximum Gasteiger partial charge on any atom is 0.307 e. The SMILES string of the molecule is O=C(O)[C@H]1CC=CC[C@@H]1C(=O)Nc1nc(-c2ccc3ccccc3c2)cs1. The number of fused-ring (bicyclic) bond motifs is 1. The zero-order chi connectivity index (χ0) is 18.8. The molecular weight excluding hydrogens is 360 g/mol. The number of nitrogens with one attached hydrogen (secondary N) is 1. The lowest BCUT2D eigenvalue weighted by Gasteiger charge is -2.23. The van der Waals surface area contributed by atoms with Crippen LogP contribution in [-0.4, -0.2) is 22.0 Å². The van der Waals surface area contributed by atoms with E-state index in [1.54, 1.807) is 0 Å². The predicted octanol–water partition coefficient (Wildman–Crippen LogP) is 4.57. The molecule has 0 spiro atoms. The van der Waals surface area contributed by atoms with Gasteiger partial charge in [-0.05, 0) is 29.7 Å². The van der Waals surface area contributed by atoms with E-state index in [-0.39, 0.29) is 5.91 Å². The standard InChI is InChI=1S/C21H18N2O3S/c24-19(16-7-3-4-8-17(16)20(25)26)23-21-22-18(12-27-21)15-10-9-13-5-1-2-6-14(13)11-15/h1-6,9-12,16-17H,7-8H2,(H,25,26)(H,22,23,24)/t16-,17-/m0/s1. The van der Waals surface area contributed by atoms with Crippen molar-refractivity contribution in [3.8, 4) is 11.3 Å². The van der Waals surface area contributed by atoms with Crippen LogP contribution in [0.1, 0.15) is 12.8 Å². The normalized spacial score (nSPS) is 19.1. The Kier molecular flexibility index (Phi) is 4.73. The summed E-state index contributed by atoms with van der Waals surface area (Å²) in [4.78, 5) is 28.5. The van der Waals surface area contributed by atoms with Gasteiger partial charge in [-0.25, -0.2) is 4.98 Å². The molecule has 27 heavy (non-hydrogen) atoms. The highest BCUT2D eigenvalue weighted by molar-refractivity contribution is 7.14. The van der Waals surface area contributed by atoms with E-state index in [9.17, 15) is 14.7 Å². The Hall–Kier alpha value is -2.99. The van der Waals surface area contributed by atoms with Gasteiger partial charge in [0.1, 0.15) is 0 Å². The fourth-order valence-corrected chi connectivity index (χ4v) is 4.11. The van der Waals surface area contributed by atoms with Crippen LogP contribution in [0.15, 0.2) is 60.0 Å². The van der Waals surface area contributed by atoms with Gasteiger partial charge in [0.2, 0.25) is 5.91 Å². The van der Waals surface area contributed by atoms with Crippen LogP contribution in [0.5, 0.6) is 0 Å². The minimum absolute atomic E-state index is 0.286. The first kappa shape index (κ1) is 17.4. The Labute approximate surface area is 160 Å². The van der Waals surface area contributed by atoms with E-state index >= 15 is 0 Å². The van der Waals surface area contributed by atoms with Crippen molar-refractivity contribution >= 4 is 39.1 Å². The Morgan fingerprint density at radius 2 is 1.78 bits per heavy atom. The lowest BCUT2D eigenvalue weighted by atomic mass is 9.82. The number of amides is 1. The largest absolute Gasteiger partial charge is 0.481 e. The zero-order valence-electron chi connectivity index (χ0n) is 14.5. The first-order valence-corrected chi connectivity index (χ1v) is 9.63. The summed E-state index contributed by atoms with van der Waals surface area (Å²) in [6.07, 6.45) is 4.51. The van der Waals surface area contributed by atoms with Gasteiger partial charge in [-0.1, -0.05) is 48.6 Å². The van der Waals surface area contributed by atoms with E-state index in [4.69, 9.17) is 0 Å². The lowest BCUT2D eigenvalue weighted by molar-refractivity contribution is -0.146. The molecule has 2 N–H and O–H groups in total. The van der Waals surface area contributed by atoms with E-state index < -0.39 is 17.8 Å². The average Bonchev–Trinajstić information content (AvgIpc) is 3.16. The van der Waals surface area contributed by atoms with Crippen molar-refractivity contribution < 1.29 is 14.7 Å². The zero-order valence-corrected chi connectivity index (χ0v) is 15.3. The molecule has 0 saturated heterocycles. The molecule has 0 unspecified atom stereocenters. The number of allylic oxidation sites excluding steroid dienone is 2. The molecule has 1 aliphatic rings. The number of nitrogens with zero attached hydrogens (tertiary/aromatic N) is 1. The molecule has 2 atom stereocenters. The highest BCUT2D eigenvalue weighted by Gasteiger charge is 2.34. The molecule has 0 saturated carbocycles. The molecule has 3 aromatic rings. The van der Waals surface area contributed by atoms with Crippen LogP contribution in [0, 0.1) is 11.8 Å². The van der Waals surface area contributed by atoms with Gasteiger partial charge in [0.05, 0.1) is 17.5 Å². The topological polar surface area (TPSA) is 79.3 Å². The molecule has 0 fully saturated rings. The summed E-state index contributed by atoms with van der Waals surface area (Å²) in [6.45, 7) is 0. The third-order valence-corrected chi connectivity index (χ3v) is 5.62. The monoisotopic (exact) mass is 378 g/mol. The van der Waals surface area contributed by atoms with Gasteiger partial charge in [0.25, 0.3) is 0 Å². The number of hydrogen-bond donors (Lipinski definition) is 2. The van der Waals surface area contributed by atoms with Crippen LogP contribution in [-0.2, 0) is 9.59 Å². The van der Waals surface area contributed by atoms with E-state index in [2.05, 4.69) is 28.5 Å². The van der Waals surface area contributed by atoms with Gasteiger partial charge in [-0.15, -0.1) is 11.3 Å². The third kappa shape index (κ3) is 3.61. The molecule has 0 aliphatic heterocycles. The van der Waals surface area contributed by atoms with Gasteiger partial charge in [0, 0.05) is 10.9 Å². The number of carboxylic acid groups (broad SMARTS) is 1. The number of carboxylic acids is 1. The van der Waals surface area contributed by atoms with Gasteiger partial charge < -0.3 is 10.4 Å². The van der Waals surface area contributed by atoms with Crippen LogP contribution >= 0.6 is 11.3 Å². The van der Waals surface area contributed by atoms with Crippen molar-refractivity contribution in [2.75, 3.05) is 5.32 Å². The Balaban J connectivity index is 1.52. The average molecular weight is 378 g/mol. The summed E-state index contributed by atoms with van der Waals surface area (Å²) < 4.78 is 0. The van der Waals surface area contributed by atoms with Crippen molar-refractivity contribution in [1.29, 1.82) is 0 Å². The number of carbonyl (C=O) groups excluding carboxylic acids is 1. The van der Waals surface area contributed by atoms with Crippen LogP contribution in [0.3, 0.4) is 0 Å². The van der Waals surface area contributed by atoms with E-state index in [1.807, 2.05) is 41.8 Å². The van der Waals surface area contributed by atoms with Crippen LogP contribution in [0.4, 0.5) is 5.13 Å². The second-order valence-corrected chi connectivity index (χ2v) is 7.44. The summed E-state index contributed by atoms with van der Waals surface area (Å²) in [5.41, 5.74) is 1.77. The molecule has 0 radical (unpaired) electrons. The molecule has 0 bridgehead atoms. The second kappa shape index (κ2) is 7.32. The minimum atomic E-state index is -0.935. The van der Waals surface area contributed by atoms with E-state index in [0.717, 1.165) is 22.0 Å². The summed E-state index contributed by atoms with van der Waals surface area (Å²) in [5, 5.41) is 16.8. The fourth-order valence-electron chi connectivity index (χ4n) is 3.39. The Bertz CT molecular complexity index is 1040. The molecule has 6 heteroatoms. The van der Waals surface area contributed by atoms with Crippen LogP contribution < -0.4 is 5.32 Å². The predicted molar refractivity (Wildman–Crippen MR) is 107 cm³/mol. The fraction of sp³-hybridized carbons (Fsp3) is 0.190. The molecule has 1 aliphatic carbocycles. The number of aromatic nitrogens is 1. The molecule has 1 aromatic heterocycles. The van der Waals surface area contributed by atoms with Gasteiger partial charge >= 0.3 is 5.97 Å². The van der Waals surface area contributed by atoms with E-state index in [1.165, 1.54) is 11.3 Å². The molecule has 2 aromatic carbocycles. The van der Waals surface area contributed by atoms with Gasteiger partial charge in [-0.2, -0.15) is 0 Å². The molecule has 1 heterocycles. The molecule has 4 rings (SSSR count). The number of thiazole rings is 1. The summed E-state index contributed by atoms with van der Waals surface area (Å²) in [7, 11) is 0. The van der Waals surface area contributed by atoms with Crippen molar-refractivity contribution in [1.82, 2.24) is 4.98 Å². The number of rotatable bonds is 4. The van der Waals surface area contributed by atoms with E-state index in [0.29, 0.717) is 18.0 Å². The number of anilines is 1. The first-order chi connectivity index (χ1) is 13.1. The van der Waals surface area contributed by atoms with Gasteiger partial charge in [-0.3, -0.25) is 9.59 Å². The molecular formula is C21H18N2O3S. The smallest absolute Gasteiger partial charge is 0.307 e. The summed E-state index contributed by atoms with van der Waals surface area (Å²) in [6, 6.07) is 14.2. The number of carbonyl (C=O) groups is 2. The lowest BCUT2D eigenvalue weighted by Crippen LogP contribution is -2.34. The highest BCUT2D eigenvalue weighted by atomic mass is 32.1. The second-order valence-electron chi connectivity index (χ2n) is 6.58. The molecule has 136 valence electrons. The van der Waals surface area contributed by atoms with Crippen LogP contribution in [0.25, 0.3) is 22.0 Å². The maximum absolute atomic E-state index is 12.6. The highest BCUT2D eigenvalue weighted by Crippen LogP contribution is 2.30. The minimum Gasteiger partial charge on any atom is -0.481 e. The third-order valence-electron chi connectivity index (χ3n) is 4.87. The first-order valence-electron chi connectivity index (χ1n) is 8.75. The maximum atomic E-state index is 12.6. The van der Waals surface area contributed by atoms with Crippen molar-refractivity contribution in [2.45, 2.75) is 12.8 Å². The Morgan fingerprint density at radius 3 is 2.56 bits per heavy atom. The Morgan fingerprint density at radius 1 is 1.04 bits per heavy atom.